The number of carbonyl (C=O) groups is 1. The van der Waals surface area contributed by atoms with Crippen molar-refractivity contribution in [1.82, 2.24) is 9.78 Å². The normalized spacial score (nSPS) is 12.2. The number of rotatable bonds is 3. The van der Waals surface area contributed by atoms with Gasteiger partial charge in [0.05, 0.1) is 17.1 Å². The molecule has 3 N–H and O–H groups in total. The molecule has 0 spiro atoms. The molecule has 0 aliphatic carbocycles. The van der Waals surface area contributed by atoms with Crippen LogP contribution in [-0.2, 0) is 4.79 Å². The molecular weight excluding hydrogens is 252 g/mol. The van der Waals surface area contributed by atoms with Crippen LogP contribution in [-0.4, -0.2) is 15.7 Å². The first-order chi connectivity index (χ1) is 9.41. The van der Waals surface area contributed by atoms with Gasteiger partial charge in [-0.05, 0) is 45.4 Å². The van der Waals surface area contributed by atoms with Gasteiger partial charge >= 0.3 is 0 Å². The zero-order chi connectivity index (χ0) is 14.9. The first-order valence-electron chi connectivity index (χ1n) is 6.59. The van der Waals surface area contributed by atoms with Crippen LogP contribution in [0.3, 0.4) is 0 Å². The molecule has 0 saturated carbocycles. The van der Waals surface area contributed by atoms with Gasteiger partial charge in [0.15, 0.2) is 0 Å². The lowest BCUT2D eigenvalue weighted by atomic mass is 10.2. The van der Waals surface area contributed by atoms with Crippen molar-refractivity contribution in [3.05, 3.63) is 41.2 Å². The zero-order valence-corrected chi connectivity index (χ0v) is 12.3. The molecule has 1 heterocycles. The summed E-state index contributed by atoms with van der Waals surface area (Å²) in [6, 6.07) is 6.82. The van der Waals surface area contributed by atoms with E-state index in [0.29, 0.717) is 11.4 Å². The number of aromatic nitrogens is 2. The first-order valence-corrected chi connectivity index (χ1v) is 6.59. The number of nitrogens with zero attached hydrogens (tertiary/aromatic N) is 2. The van der Waals surface area contributed by atoms with Crippen LogP contribution in [0.4, 0.5) is 11.4 Å². The summed E-state index contributed by atoms with van der Waals surface area (Å²) in [5, 5.41) is 7.26. The molecular formula is C15H20N4O. The van der Waals surface area contributed by atoms with E-state index < -0.39 is 0 Å². The van der Waals surface area contributed by atoms with Gasteiger partial charge in [-0.3, -0.25) is 9.48 Å². The number of nitrogens with two attached hydrogens (primary N) is 1. The molecule has 106 valence electrons. The molecule has 2 aromatic rings. The summed E-state index contributed by atoms with van der Waals surface area (Å²) in [5.41, 5.74) is 10.1. The number of nitrogens with one attached hydrogen (secondary N) is 1. The van der Waals surface area contributed by atoms with Gasteiger partial charge in [0.1, 0.15) is 6.04 Å². The number of amides is 1. The molecule has 20 heavy (non-hydrogen) atoms. The first kappa shape index (κ1) is 14.1. The highest BCUT2D eigenvalue weighted by atomic mass is 16.2. The van der Waals surface area contributed by atoms with E-state index in [0.717, 1.165) is 17.0 Å². The van der Waals surface area contributed by atoms with Gasteiger partial charge in [-0.25, -0.2) is 0 Å². The van der Waals surface area contributed by atoms with Crippen LogP contribution in [0, 0.1) is 20.8 Å². The van der Waals surface area contributed by atoms with Crippen LogP contribution in [0.25, 0.3) is 0 Å². The third-order valence-electron chi connectivity index (χ3n) is 3.65. The van der Waals surface area contributed by atoms with E-state index in [9.17, 15) is 4.79 Å². The lowest BCUT2D eigenvalue weighted by Gasteiger charge is -2.15. The Kier molecular flexibility index (Phi) is 3.79. The highest BCUT2D eigenvalue weighted by molar-refractivity contribution is 5.96. The molecule has 1 atom stereocenters. The lowest BCUT2D eigenvalue weighted by molar-refractivity contribution is -0.119. The average molecular weight is 272 g/mol. The molecule has 0 saturated heterocycles. The molecule has 0 fully saturated rings. The minimum absolute atomic E-state index is 0.131. The summed E-state index contributed by atoms with van der Waals surface area (Å²) in [6.45, 7) is 7.75. The summed E-state index contributed by atoms with van der Waals surface area (Å²) in [6.07, 6.45) is 0. The quantitative estimate of drug-likeness (QED) is 0.843. The van der Waals surface area contributed by atoms with Crippen molar-refractivity contribution in [3.63, 3.8) is 0 Å². The molecule has 0 radical (unpaired) electrons. The highest BCUT2D eigenvalue weighted by Crippen LogP contribution is 2.20. The topological polar surface area (TPSA) is 72.9 Å². The maximum absolute atomic E-state index is 12.3. The highest BCUT2D eigenvalue weighted by Gasteiger charge is 2.20. The van der Waals surface area contributed by atoms with Gasteiger partial charge in [0, 0.05) is 5.69 Å². The smallest absolute Gasteiger partial charge is 0.249 e. The second kappa shape index (κ2) is 5.36. The van der Waals surface area contributed by atoms with Gasteiger partial charge in [0.25, 0.3) is 0 Å². The van der Waals surface area contributed by atoms with Crippen molar-refractivity contribution in [2.24, 2.45) is 0 Å². The summed E-state index contributed by atoms with van der Waals surface area (Å²) in [4.78, 5) is 12.3. The van der Waals surface area contributed by atoms with Gasteiger partial charge in [-0.15, -0.1) is 0 Å². The van der Waals surface area contributed by atoms with Gasteiger partial charge in [-0.1, -0.05) is 12.1 Å². The second-order valence-corrected chi connectivity index (χ2v) is 4.99. The number of hydrogen-bond donors (Lipinski definition) is 2. The Bertz CT molecular complexity index is 645. The van der Waals surface area contributed by atoms with Crippen LogP contribution < -0.4 is 11.1 Å². The third kappa shape index (κ3) is 2.52. The fourth-order valence-corrected chi connectivity index (χ4v) is 2.08. The van der Waals surface area contributed by atoms with E-state index in [4.69, 9.17) is 5.73 Å². The fraction of sp³-hybridized carbons (Fsp3) is 0.333. The van der Waals surface area contributed by atoms with E-state index in [1.807, 2.05) is 39.8 Å². The van der Waals surface area contributed by atoms with Crippen LogP contribution in [0.15, 0.2) is 24.3 Å². The van der Waals surface area contributed by atoms with Crippen molar-refractivity contribution in [2.45, 2.75) is 33.7 Å². The summed E-state index contributed by atoms with van der Waals surface area (Å²) in [5.74, 6) is -0.131. The minimum atomic E-state index is -0.387. The molecule has 0 aliphatic rings. The van der Waals surface area contributed by atoms with Crippen molar-refractivity contribution < 1.29 is 4.79 Å². The summed E-state index contributed by atoms with van der Waals surface area (Å²) in [7, 11) is 0. The number of aryl methyl sites for hydroxylation is 1. The third-order valence-corrected chi connectivity index (χ3v) is 3.65. The predicted octanol–water partition coefficient (Wildman–Crippen LogP) is 2.59. The van der Waals surface area contributed by atoms with E-state index in [-0.39, 0.29) is 11.9 Å². The Morgan fingerprint density at radius 3 is 2.50 bits per heavy atom. The Hall–Kier alpha value is -2.30. The largest absolute Gasteiger partial charge is 0.397 e. The molecule has 5 heteroatoms. The molecule has 0 bridgehead atoms. The Morgan fingerprint density at radius 2 is 1.95 bits per heavy atom. The number of anilines is 2. The minimum Gasteiger partial charge on any atom is -0.397 e. The van der Waals surface area contributed by atoms with Gasteiger partial charge in [-0.2, -0.15) is 5.10 Å². The molecule has 1 aromatic carbocycles. The van der Waals surface area contributed by atoms with Crippen LogP contribution >= 0.6 is 0 Å². The number of para-hydroxylation sites is 2. The van der Waals surface area contributed by atoms with Gasteiger partial charge in [0.2, 0.25) is 5.91 Å². The number of nitrogen functional groups attached to an aromatic ring is 1. The van der Waals surface area contributed by atoms with E-state index >= 15 is 0 Å². The van der Waals surface area contributed by atoms with Crippen molar-refractivity contribution >= 4 is 17.3 Å². The van der Waals surface area contributed by atoms with Gasteiger partial charge < -0.3 is 11.1 Å². The predicted molar refractivity (Wildman–Crippen MR) is 80.6 cm³/mol. The summed E-state index contributed by atoms with van der Waals surface area (Å²) < 4.78 is 1.75. The van der Waals surface area contributed by atoms with E-state index in [1.165, 1.54) is 0 Å². The SMILES string of the molecule is Cc1nn(C(C)C(=O)Nc2ccccc2N)c(C)c1C. The lowest BCUT2D eigenvalue weighted by Crippen LogP contribution is -2.25. The van der Waals surface area contributed by atoms with Crippen LogP contribution in [0.5, 0.6) is 0 Å². The Labute approximate surface area is 118 Å². The molecule has 2 rings (SSSR count). The standard InChI is InChI=1S/C15H20N4O/c1-9-10(2)18-19(11(9)3)12(4)15(20)17-14-8-6-5-7-13(14)16/h5-8,12H,16H2,1-4H3,(H,17,20). The molecule has 1 unspecified atom stereocenters. The Morgan fingerprint density at radius 1 is 1.30 bits per heavy atom. The van der Waals surface area contributed by atoms with Crippen molar-refractivity contribution in [2.75, 3.05) is 11.1 Å². The molecule has 5 nitrogen and oxygen atoms in total. The number of hydrogen-bond acceptors (Lipinski definition) is 3. The maximum atomic E-state index is 12.3. The van der Waals surface area contributed by atoms with Crippen LogP contribution in [0.1, 0.15) is 29.9 Å². The molecule has 0 aliphatic heterocycles. The van der Waals surface area contributed by atoms with E-state index in [2.05, 4.69) is 10.4 Å². The van der Waals surface area contributed by atoms with Crippen molar-refractivity contribution in [1.29, 1.82) is 0 Å². The monoisotopic (exact) mass is 272 g/mol. The number of carbonyl (C=O) groups excluding carboxylic acids is 1. The fourth-order valence-electron chi connectivity index (χ4n) is 2.08. The summed E-state index contributed by atoms with van der Waals surface area (Å²) >= 11 is 0. The molecule has 1 aromatic heterocycles. The van der Waals surface area contributed by atoms with Crippen molar-refractivity contribution in [3.8, 4) is 0 Å². The van der Waals surface area contributed by atoms with Crippen LogP contribution in [0.2, 0.25) is 0 Å². The number of benzene rings is 1. The average Bonchev–Trinajstić information content (AvgIpc) is 2.68. The maximum Gasteiger partial charge on any atom is 0.249 e. The Balaban J connectivity index is 2.21. The zero-order valence-electron chi connectivity index (χ0n) is 12.3. The molecule has 1 amide bonds. The van der Waals surface area contributed by atoms with E-state index in [1.54, 1.807) is 16.8 Å². The second-order valence-electron chi connectivity index (χ2n) is 4.99.